The van der Waals surface area contributed by atoms with Gasteiger partial charge in [0.1, 0.15) is 0 Å². The summed E-state index contributed by atoms with van der Waals surface area (Å²) >= 11 is 0. The summed E-state index contributed by atoms with van der Waals surface area (Å²) in [5.41, 5.74) is 1.02. The second kappa shape index (κ2) is 9.81. The van der Waals surface area contributed by atoms with E-state index in [0.29, 0.717) is 38.2 Å². The molecule has 7 heteroatoms. The van der Waals surface area contributed by atoms with E-state index in [9.17, 15) is 14.4 Å². The van der Waals surface area contributed by atoms with Crippen LogP contribution in [0, 0.1) is 5.92 Å². The zero-order chi connectivity index (χ0) is 22.6. The van der Waals surface area contributed by atoms with Crippen molar-refractivity contribution >= 4 is 17.7 Å². The number of carbonyl (C=O) groups is 3. The van der Waals surface area contributed by atoms with Crippen LogP contribution in [-0.2, 0) is 16.0 Å². The van der Waals surface area contributed by atoms with Gasteiger partial charge in [-0.1, -0.05) is 25.1 Å². The zero-order valence-electron chi connectivity index (χ0n) is 19.2. The Balaban J connectivity index is 1.87. The van der Waals surface area contributed by atoms with E-state index in [1.165, 1.54) is 0 Å². The third kappa shape index (κ3) is 4.92. The topological polar surface area (TPSA) is 81.8 Å². The molecular weight excluding hydrogens is 392 g/mol. The minimum atomic E-state index is -0.674. The van der Waals surface area contributed by atoms with Gasteiger partial charge in [-0.25, -0.2) is 0 Å². The molecule has 2 aliphatic rings. The molecule has 0 aliphatic carbocycles. The first kappa shape index (κ1) is 23.3. The van der Waals surface area contributed by atoms with Gasteiger partial charge in [-0.05, 0) is 51.7 Å². The standard InChI is InChI=1S/C24H36N4O3/c1-5-17(4)25-21(29)15-27-14-20(23(31)28(6-2)7-3)24(16-27)13-12-18-10-8-9-11-19(18)22(30)26-24/h8-11,17,20H,5-7,12-16H2,1-4H3,(H,25,29)(H,26,30)/t17?,20-,24+/m1/s1. The van der Waals surface area contributed by atoms with Crippen molar-refractivity contribution in [3.63, 3.8) is 0 Å². The van der Waals surface area contributed by atoms with Crippen LogP contribution in [-0.4, -0.2) is 71.8 Å². The first-order valence-corrected chi connectivity index (χ1v) is 11.5. The van der Waals surface area contributed by atoms with Crippen molar-refractivity contribution in [2.45, 2.75) is 58.5 Å². The predicted molar refractivity (Wildman–Crippen MR) is 121 cm³/mol. The lowest BCUT2D eigenvalue weighted by Gasteiger charge is -2.36. The molecule has 1 saturated heterocycles. The van der Waals surface area contributed by atoms with Crippen LogP contribution in [0.5, 0.6) is 0 Å². The molecule has 1 aromatic carbocycles. The zero-order valence-corrected chi connectivity index (χ0v) is 19.2. The summed E-state index contributed by atoms with van der Waals surface area (Å²) in [6.45, 7) is 10.4. The van der Waals surface area contributed by atoms with Crippen LogP contribution in [0.2, 0.25) is 0 Å². The number of nitrogens with zero attached hydrogens (tertiary/aromatic N) is 2. The molecule has 1 fully saturated rings. The highest BCUT2D eigenvalue weighted by atomic mass is 16.2. The predicted octanol–water partition coefficient (Wildman–Crippen LogP) is 1.82. The minimum Gasteiger partial charge on any atom is -0.353 e. The molecular formula is C24H36N4O3. The van der Waals surface area contributed by atoms with E-state index < -0.39 is 5.54 Å². The largest absolute Gasteiger partial charge is 0.353 e. The van der Waals surface area contributed by atoms with Gasteiger partial charge in [0.25, 0.3) is 5.91 Å². The molecule has 1 unspecified atom stereocenters. The van der Waals surface area contributed by atoms with Gasteiger partial charge in [-0.2, -0.15) is 0 Å². The van der Waals surface area contributed by atoms with Crippen LogP contribution >= 0.6 is 0 Å². The highest BCUT2D eigenvalue weighted by molar-refractivity contribution is 5.97. The number of rotatable bonds is 7. The van der Waals surface area contributed by atoms with Gasteiger partial charge in [-0.3, -0.25) is 19.3 Å². The Kier molecular flexibility index (Phi) is 7.36. The second-order valence-electron chi connectivity index (χ2n) is 8.88. The van der Waals surface area contributed by atoms with Crippen molar-refractivity contribution in [3.8, 4) is 0 Å². The maximum atomic E-state index is 13.5. The van der Waals surface area contributed by atoms with Gasteiger partial charge in [0.05, 0.1) is 18.0 Å². The fourth-order valence-electron chi connectivity index (χ4n) is 4.88. The molecule has 2 N–H and O–H groups in total. The average molecular weight is 429 g/mol. The summed E-state index contributed by atoms with van der Waals surface area (Å²) in [5, 5.41) is 6.25. The van der Waals surface area contributed by atoms with E-state index in [1.807, 2.05) is 61.8 Å². The highest BCUT2D eigenvalue weighted by Gasteiger charge is 2.52. The smallest absolute Gasteiger partial charge is 0.252 e. The van der Waals surface area contributed by atoms with Crippen LogP contribution in [0.25, 0.3) is 0 Å². The molecule has 0 radical (unpaired) electrons. The molecule has 3 amide bonds. The summed E-state index contributed by atoms with van der Waals surface area (Å²) in [7, 11) is 0. The molecule has 1 spiro atoms. The molecule has 3 atom stereocenters. The summed E-state index contributed by atoms with van der Waals surface area (Å²) in [6, 6.07) is 7.76. The summed E-state index contributed by atoms with van der Waals surface area (Å²) in [6.07, 6.45) is 2.27. The van der Waals surface area contributed by atoms with Crippen molar-refractivity contribution in [3.05, 3.63) is 35.4 Å². The van der Waals surface area contributed by atoms with Gasteiger partial charge in [0.2, 0.25) is 11.8 Å². The molecule has 170 valence electrons. The lowest BCUT2D eigenvalue weighted by Crippen LogP contribution is -2.58. The molecule has 0 aromatic heterocycles. The second-order valence-corrected chi connectivity index (χ2v) is 8.88. The van der Waals surface area contributed by atoms with Gasteiger partial charge >= 0.3 is 0 Å². The van der Waals surface area contributed by atoms with Crippen LogP contribution in [0.4, 0.5) is 0 Å². The molecule has 0 bridgehead atoms. The van der Waals surface area contributed by atoms with Gasteiger partial charge in [0.15, 0.2) is 0 Å². The van der Waals surface area contributed by atoms with Crippen molar-refractivity contribution in [1.29, 1.82) is 0 Å². The number of nitrogens with one attached hydrogen (secondary N) is 2. The van der Waals surface area contributed by atoms with Crippen LogP contribution in [0.3, 0.4) is 0 Å². The van der Waals surface area contributed by atoms with Crippen molar-refractivity contribution in [2.75, 3.05) is 32.7 Å². The molecule has 2 aliphatic heterocycles. The van der Waals surface area contributed by atoms with E-state index in [1.54, 1.807) is 0 Å². The van der Waals surface area contributed by atoms with Gasteiger partial charge in [0, 0.05) is 37.8 Å². The number of aryl methyl sites for hydroxylation is 1. The molecule has 0 saturated carbocycles. The Labute approximate surface area is 185 Å². The average Bonchev–Trinajstić information content (AvgIpc) is 3.02. The number of amides is 3. The number of fused-ring (bicyclic) bond motifs is 1. The van der Waals surface area contributed by atoms with E-state index in [2.05, 4.69) is 10.6 Å². The first-order valence-electron chi connectivity index (χ1n) is 11.5. The summed E-state index contributed by atoms with van der Waals surface area (Å²) in [5.74, 6) is -0.483. The van der Waals surface area contributed by atoms with Crippen molar-refractivity contribution in [1.82, 2.24) is 20.4 Å². The number of hydrogen-bond acceptors (Lipinski definition) is 4. The molecule has 7 nitrogen and oxygen atoms in total. The Bertz CT molecular complexity index is 823. The highest BCUT2D eigenvalue weighted by Crippen LogP contribution is 2.36. The molecule has 2 heterocycles. The minimum absolute atomic E-state index is 0.0383. The van der Waals surface area contributed by atoms with Gasteiger partial charge < -0.3 is 15.5 Å². The van der Waals surface area contributed by atoms with Crippen molar-refractivity contribution in [2.24, 2.45) is 5.92 Å². The Morgan fingerprint density at radius 3 is 2.65 bits per heavy atom. The lowest BCUT2D eigenvalue weighted by atomic mass is 9.81. The van der Waals surface area contributed by atoms with Crippen LogP contribution in [0.15, 0.2) is 24.3 Å². The molecule has 1 aromatic rings. The quantitative estimate of drug-likeness (QED) is 0.694. The van der Waals surface area contributed by atoms with E-state index >= 15 is 0 Å². The monoisotopic (exact) mass is 428 g/mol. The maximum Gasteiger partial charge on any atom is 0.252 e. The SMILES string of the molecule is CCC(C)NC(=O)CN1C[C@H](C(=O)N(CC)CC)[C@]2(CCc3ccccc3C(=O)N2)C1. The summed E-state index contributed by atoms with van der Waals surface area (Å²) < 4.78 is 0. The molecule has 3 rings (SSSR count). The summed E-state index contributed by atoms with van der Waals surface area (Å²) in [4.78, 5) is 43.0. The number of hydrogen-bond donors (Lipinski definition) is 2. The van der Waals surface area contributed by atoms with Crippen molar-refractivity contribution < 1.29 is 14.4 Å². The Morgan fingerprint density at radius 1 is 1.26 bits per heavy atom. The number of benzene rings is 1. The van der Waals surface area contributed by atoms with Crippen LogP contribution in [0.1, 0.15) is 56.5 Å². The number of carbonyl (C=O) groups excluding carboxylic acids is 3. The fourth-order valence-corrected chi connectivity index (χ4v) is 4.88. The normalized spacial score (nSPS) is 24.3. The van der Waals surface area contributed by atoms with E-state index in [4.69, 9.17) is 0 Å². The van der Waals surface area contributed by atoms with E-state index in [0.717, 1.165) is 18.4 Å². The Hall–Kier alpha value is -2.41. The first-order chi connectivity index (χ1) is 14.8. The third-order valence-corrected chi connectivity index (χ3v) is 6.84. The maximum absolute atomic E-state index is 13.5. The van der Waals surface area contributed by atoms with Gasteiger partial charge in [-0.15, -0.1) is 0 Å². The fraction of sp³-hybridized carbons (Fsp3) is 0.625. The molecule has 31 heavy (non-hydrogen) atoms. The Morgan fingerprint density at radius 2 is 1.97 bits per heavy atom. The third-order valence-electron chi connectivity index (χ3n) is 6.84. The number of likely N-dealkylation sites (tertiary alicyclic amines) is 1. The lowest BCUT2D eigenvalue weighted by molar-refractivity contribution is -0.136. The van der Waals surface area contributed by atoms with Crippen LogP contribution < -0.4 is 10.6 Å². The van der Waals surface area contributed by atoms with E-state index in [-0.39, 0.29) is 36.2 Å².